The fourth-order valence-electron chi connectivity index (χ4n) is 2.47. The van der Waals surface area contributed by atoms with Crippen molar-refractivity contribution in [3.8, 4) is 6.07 Å². The first-order chi connectivity index (χ1) is 10.8. The van der Waals surface area contributed by atoms with Gasteiger partial charge in [0.25, 0.3) is 10.0 Å². The highest BCUT2D eigenvalue weighted by molar-refractivity contribution is 7.90. The molecule has 3 rings (SSSR count). The smallest absolute Gasteiger partial charge is 0.255 e. The molecule has 23 heavy (non-hydrogen) atoms. The zero-order valence-electron chi connectivity index (χ0n) is 12.6. The van der Waals surface area contributed by atoms with Crippen LogP contribution in [-0.2, 0) is 17.1 Å². The fraction of sp³-hybridized carbons (Fsp3) is 0.214. The minimum absolute atomic E-state index is 0.0131. The summed E-state index contributed by atoms with van der Waals surface area (Å²) in [7, 11) is -2.55. The summed E-state index contributed by atoms with van der Waals surface area (Å²) in [5.41, 5.74) is 1.87. The van der Waals surface area contributed by atoms with Gasteiger partial charge in [-0.2, -0.15) is 10.4 Å². The van der Waals surface area contributed by atoms with Crippen LogP contribution in [0.2, 0.25) is 5.15 Å². The number of nitrogens with zero attached hydrogens (tertiary/aromatic N) is 5. The molecule has 0 saturated carbocycles. The quantitative estimate of drug-likeness (QED) is 0.706. The molecule has 3 aromatic rings. The van der Waals surface area contributed by atoms with E-state index >= 15 is 0 Å². The maximum atomic E-state index is 13.1. The summed E-state index contributed by atoms with van der Waals surface area (Å²) in [5, 5.41) is 13.3. The topological polar surface area (TPSA) is 93.6 Å². The molecule has 0 N–H and O–H groups in total. The van der Waals surface area contributed by atoms with Crippen LogP contribution in [0.25, 0.3) is 11.0 Å². The average Bonchev–Trinajstić information content (AvgIpc) is 2.96. The molecule has 0 fully saturated rings. The van der Waals surface area contributed by atoms with E-state index in [9.17, 15) is 13.7 Å². The van der Waals surface area contributed by atoms with Crippen LogP contribution in [0.3, 0.4) is 0 Å². The lowest BCUT2D eigenvalue weighted by atomic mass is 10.2. The number of nitriles is 1. The third kappa shape index (κ3) is 2.20. The summed E-state index contributed by atoms with van der Waals surface area (Å²) < 4.78 is 28.4. The Hall–Kier alpha value is -2.37. The lowest BCUT2D eigenvalue weighted by Gasteiger charge is -2.07. The molecular formula is C14H12ClN5O2S. The Morgan fingerprint density at radius 2 is 2.00 bits per heavy atom. The van der Waals surface area contributed by atoms with Crippen molar-refractivity contribution in [1.29, 1.82) is 5.26 Å². The van der Waals surface area contributed by atoms with Gasteiger partial charge in [-0.25, -0.2) is 17.4 Å². The molecule has 0 amide bonds. The zero-order chi connectivity index (χ0) is 16.9. The first kappa shape index (κ1) is 15.5. The van der Waals surface area contributed by atoms with E-state index in [-0.39, 0.29) is 21.6 Å². The van der Waals surface area contributed by atoms with Gasteiger partial charge >= 0.3 is 0 Å². The summed E-state index contributed by atoms with van der Waals surface area (Å²) in [4.78, 5) is 3.96. The van der Waals surface area contributed by atoms with Crippen molar-refractivity contribution in [3.63, 3.8) is 0 Å². The van der Waals surface area contributed by atoms with Gasteiger partial charge in [-0.15, -0.1) is 0 Å². The van der Waals surface area contributed by atoms with Crippen molar-refractivity contribution in [2.24, 2.45) is 7.05 Å². The highest BCUT2D eigenvalue weighted by atomic mass is 35.5. The predicted molar refractivity (Wildman–Crippen MR) is 84.7 cm³/mol. The van der Waals surface area contributed by atoms with Crippen molar-refractivity contribution < 1.29 is 8.42 Å². The molecule has 0 aliphatic rings. The first-order valence-electron chi connectivity index (χ1n) is 6.61. The number of fused-ring (bicyclic) bond motifs is 1. The van der Waals surface area contributed by atoms with E-state index in [1.54, 1.807) is 32.2 Å². The largest absolute Gasteiger partial charge is 0.275 e. The van der Waals surface area contributed by atoms with Gasteiger partial charge in [-0.1, -0.05) is 17.7 Å². The Bertz CT molecular complexity index is 1090. The van der Waals surface area contributed by atoms with E-state index in [1.165, 1.54) is 4.68 Å². The minimum Gasteiger partial charge on any atom is -0.255 e. The van der Waals surface area contributed by atoms with Crippen molar-refractivity contribution in [1.82, 2.24) is 18.7 Å². The molecule has 118 valence electrons. The van der Waals surface area contributed by atoms with Gasteiger partial charge in [0.15, 0.2) is 0 Å². The zero-order valence-corrected chi connectivity index (χ0v) is 14.1. The third-order valence-electron chi connectivity index (χ3n) is 3.47. The lowest BCUT2D eigenvalue weighted by Crippen LogP contribution is -2.16. The monoisotopic (exact) mass is 349 g/mol. The maximum Gasteiger partial charge on any atom is 0.275 e. The van der Waals surface area contributed by atoms with E-state index in [0.29, 0.717) is 11.0 Å². The molecule has 0 atom stereocenters. The second kappa shape index (κ2) is 5.08. The Morgan fingerprint density at radius 1 is 1.30 bits per heavy atom. The van der Waals surface area contributed by atoms with Crippen LogP contribution in [0.5, 0.6) is 0 Å². The molecule has 0 aliphatic heterocycles. The maximum absolute atomic E-state index is 13.1. The normalized spacial score (nSPS) is 11.8. The molecule has 0 radical (unpaired) electrons. The summed E-state index contributed by atoms with van der Waals surface area (Å²) in [5.74, 6) is -0.218. The Balaban J connectivity index is 2.44. The van der Waals surface area contributed by atoms with E-state index in [2.05, 4.69) is 10.1 Å². The molecule has 2 aromatic heterocycles. The van der Waals surface area contributed by atoms with Gasteiger partial charge in [-0.05, 0) is 31.5 Å². The molecule has 2 heterocycles. The van der Waals surface area contributed by atoms with Crippen molar-refractivity contribution in [3.05, 3.63) is 40.4 Å². The Labute approximate surface area is 137 Å². The van der Waals surface area contributed by atoms with Crippen LogP contribution >= 0.6 is 11.6 Å². The molecule has 1 aromatic carbocycles. The van der Waals surface area contributed by atoms with Crippen molar-refractivity contribution in [2.75, 3.05) is 0 Å². The molecule has 0 aliphatic carbocycles. The van der Waals surface area contributed by atoms with Gasteiger partial charge in [0.1, 0.15) is 16.1 Å². The number of rotatable bonds is 2. The molecule has 7 nitrogen and oxygen atoms in total. The fourth-order valence-corrected chi connectivity index (χ4v) is 4.60. The van der Waals surface area contributed by atoms with E-state index in [1.807, 2.05) is 13.0 Å². The second-order valence-electron chi connectivity index (χ2n) is 5.14. The SMILES string of the molecule is Cc1ccc2nc(C#N)n(S(=O)(=O)c3c(C)nn(C)c3Cl)c2c1. The van der Waals surface area contributed by atoms with Crippen molar-refractivity contribution >= 4 is 32.7 Å². The van der Waals surface area contributed by atoms with Crippen LogP contribution in [0, 0.1) is 25.2 Å². The average molecular weight is 350 g/mol. The van der Waals surface area contributed by atoms with Crippen LogP contribution in [0.15, 0.2) is 23.1 Å². The molecule has 0 spiro atoms. The van der Waals surface area contributed by atoms with Crippen LogP contribution in [-0.4, -0.2) is 27.2 Å². The van der Waals surface area contributed by atoms with Crippen molar-refractivity contribution in [2.45, 2.75) is 18.7 Å². The summed E-state index contributed by atoms with van der Waals surface area (Å²) >= 11 is 6.10. The number of hydrogen-bond acceptors (Lipinski definition) is 5. The predicted octanol–water partition coefficient (Wildman–Crippen LogP) is 2.15. The van der Waals surface area contributed by atoms with Gasteiger partial charge in [0.05, 0.1) is 16.7 Å². The number of benzene rings is 1. The summed E-state index contributed by atoms with van der Waals surface area (Å²) in [6.45, 7) is 3.38. The van der Waals surface area contributed by atoms with Gasteiger partial charge in [0.2, 0.25) is 5.82 Å². The van der Waals surface area contributed by atoms with E-state index in [0.717, 1.165) is 9.54 Å². The van der Waals surface area contributed by atoms with E-state index in [4.69, 9.17) is 11.6 Å². The summed E-state index contributed by atoms with van der Waals surface area (Å²) in [6, 6.07) is 6.97. The van der Waals surface area contributed by atoms with Crippen LogP contribution in [0.1, 0.15) is 17.1 Å². The highest BCUT2D eigenvalue weighted by Crippen LogP contribution is 2.30. The van der Waals surface area contributed by atoms with E-state index < -0.39 is 10.0 Å². The van der Waals surface area contributed by atoms with Gasteiger partial charge < -0.3 is 0 Å². The second-order valence-corrected chi connectivity index (χ2v) is 7.22. The third-order valence-corrected chi connectivity index (χ3v) is 5.87. The molecular weight excluding hydrogens is 338 g/mol. The molecule has 0 saturated heterocycles. The minimum atomic E-state index is -4.11. The molecule has 0 unspecified atom stereocenters. The Morgan fingerprint density at radius 3 is 2.57 bits per heavy atom. The number of aromatic nitrogens is 4. The lowest BCUT2D eigenvalue weighted by molar-refractivity contribution is 0.587. The van der Waals surface area contributed by atoms with Crippen LogP contribution < -0.4 is 0 Å². The summed E-state index contributed by atoms with van der Waals surface area (Å²) in [6.07, 6.45) is 0. The van der Waals surface area contributed by atoms with Gasteiger partial charge in [0, 0.05) is 7.05 Å². The Kier molecular flexibility index (Phi) is 3.43. The standard InChI is InChI=1S/C14H12ClN5O2S/c1-8-4-5-10-11(6-8)20(12(7-16)17-10)23(21,22)13-9(2)18-19(3)14(13)15/h4-6H,1-3H3. The molecule has 0 bridgehead atoms. The number of aryl methyl sites for hydroxylation is 3. The number of halogens is 1. The highest BCUT2D eigenvalue weighted by Gasteiger charge is 2.31. The first-order valence-corrected chi connectivity index (χ1v) is 8.43. The van der Waals surface area contributed by atoms with Gasteiger partial charge in [-0.3, -0.25) is 4.68 Å². The van der Waals surface area contributed by atoms with Crippen LogP contribution in [0.4, 0.5) is 0 Å². The molecule has 9 heteroatoms. The number of imidazole rings is 1. The number of hydrogen-bond donors (Lipinski definition) is 0.